The van der Waals surface area contributed by atoms with Gasteiger partial charge in [0.05, 0.1) is 112 Å². The molecule has 10 heterocycles. The smallest absolute Gasteiger partial charge is 0.407 e. The van der Waals surface area contributed by atoms with Gasteiger partial charge in [-0.3, -0.25) is 28.8 Å². The number of hydroxylamine groups is 2. The van der Waals surface area contributed by atoms with Crippen LogP contribution >= 0.6 is 0 Å². The molecule has 8 N–H and O–H groups in total. The van der Waals surface area contributed by atoms with E-state index in [4.69, 9.17) is 74.0 Å². The number of hydrogen-bond acceptors (Lipinski definition) is 23. The van der Waals surface area contributed by atoms with E-state index in [1.807, 2.05) is 0 Å². The number of nitrogens with zero attached hydrogens (tertiary/aromatic N) is 1. The molecule has 11 rings (SSSR count). The number of rotatable bonds is 28. The minimum Gasteiger partial charge on any atom is -0.445 e. The maximum atomic E-state index is 14.5. The van der Waals surface area contributed by atoms with Gasteiger partial charge >= 0.3 is 18.1 Å². The summed E-state index contributed by atoms with van der Waals surface area (Å²) >= 11 is 0. The molecular formula is C71H101N7O23. The number of ketones is 1. The first-order chi connectivity index (χ1) is 48.5. The van der Waals surface area contributed by atoms with Gasteiger partial charge in [-0.05, 0) is 98.5 Å². The number of Topliss-reactive ketones (excluding diaryl/α,β-unsaturated/α-hetero) is 1. The molecule has 0 aliphatic carbocycles. The third-order valence-electron chi connectivity index (χ3n) is 21.5. The quantitative estimate of drug-likeness (QED) is 0.0357. The highest BCUT2D eigenvalue weighted by Gasteiger charge is 2.65. The topological polar surface area (TPSA) is 383 Å². The Morgan fingerprint density at radius 3 is 2.21 bits per heavy atom. The van der Waals surface area contributed by atoms with Crippen molar-refractivity contribution >= 4 is 59.1 Å². The Labute approximate surface area is 587 Å². The van der Waals surface area contributed by atoms with Gasteiger partial charge in [0.1, 0.15) is 36.7 Å². The first kappa shape index (κ1) is 75.6. The van der Waals surface area contributed by atoms with E-state index < -0.39 is 114 Å². The van der Waals surface area contributed by atoms with Crippen LogP contribution in [0, 0.1) is 23.7 Å². The number of methoxy groups -OCH3 is 2. The van der Waals surface area contributed by atoms with E-state index in [2.05, 4.69) is 33.2 Å². The number of amides is 8. The van der Waals surface area contributed by atoms with Crippen molar-refractivity contribution in [3.8, 4) is 0 Å². The number of fused-ring (bicyclic) bond motifs is 9. The number of hydrogen-bond donors (Lipinski definition) is 7. The van der Waals surface area contributed by atoms with Gasteiger partial charge < -0.3 is 99.1 Å². The number of nitrogens with one attached hydrogen (secondary N) is 5. The summed E-state index contributed by atoms with van der Waals surface area (Å²) in [6.45, 7) is 12.6. The van der Waals surface area contributed by atoms with Crippen molar-refractivity contribution in [2.45, 2.75) is 252 Å². The minimum absolute atomic E-state index is 0.00137. The van der Waals surface area contributed by atoms with Gasteiger partial charge in [-0.15, -0.1) is 5.06 Å². The Bertz CT molecular complexity index is 3140. The molecule has 10 aliphatic heterocycles. The third kappa shape index (κ3) is 18.9. The van der Waals surface area contributed by atoms with Crippen molar-refractivity contribution in [3.05, 3.63) is 54.1 Å². The van der Waals surface area contributed by atoms with Crippen molar-refractivity contribution in [1.82, 2.24) is 26.3 Å². The molecule has 11 bridgehead atoms. The van der Waals surface area contributed by atoms with Crippen LogP contribution in [0.5, 0.6) is 0 Å². The van der Waals surface area contributed by atoms with E-state index in [1.54, 1.807) is 52.3 Å². The molecule has 2 unspecified atom stereocenters. The van der Waals surface area contributed by atoms with E-state index in [-0.39, 0.29) is 176 Å². The summed E-state index contributed by atoms with van der Waals surface area (Å²) in [4.78, 5) is 120. The van der Waals surface area contributed by atoms with E-state index in [9.17, 15) is 48.3 Å². The standard InChI is InChI=1S/C71H101N7O23/c1-37(2)63(77-59(81)19-22-91-24-25-92-23-20-62(84)101-78-60(82)17-18-61(78)83)68(86)76-50(8-7-21-73-69(72)87)67(85)75-41-11-9-40(10-12-41)36-93-70(88)74-35-43(80)29-55-64(90-6)48-28-42(79)27-44-14-16-52-65(96-44)57-33-56(97-52)66-58(89-5)34-71(99-57,100-66)49-31-46-26-38(3)51(95-46)15-13-45-30-47(49)39(4)53(94-45)32-54(48)98-55/h9-12,37,43-58,63-66,80H,3-4,7-8,13-36H2,1-2,5-6H3,(H,74,88)(H,75,85)(H,76,86)(H,77,81)(H3,72,73,87)/t43-,44+,45-,46+,47+,48-,49?,50-,51-,52-,53+,54-,55+,56?,57+,58+,63-,64+,65-,66+,71-/m0/s1. The van der Waals surface area contributed by atoms with Crippen molar-refractivity contribution < 1.29 is 110 Å². The molecule has 30 nitrogen and oxygen atoms in total. The lowest BCUT2D eigenvalue weighted by Crippen LogP contribution is -2.59. The van der Waals surface area contributed by atoms with Crippen LogP contribution in [0.15, 0.2) is 48.6 Å². The Morgan fingerprint density at radius 1 is 0.733 bits per heavy atom. The van der Waals surface area contributed by atoms with Crippen molar-refractivity contribution in [3.63, 3.8) is 0 Å². The molecule has 10 aliphatic rings. The number of aliphatic hydroxyl groups is 1. The van der Waals surface area contributed by atoms with Crippen LogP contribution in [0.25, 0.3) is 0 Å². The fraction of sp³-hybridized carbons (Fsp3) is 0.732. The number of alkyl carbamates (subject to hydrolysis) is 1. The van der Waals surface area contributed by atoms with Gasteiger partial charge in [0.15, 0.2) is 5.79 Å². The van der Waals surface area contributed by atoms with Gasteiger partial charge in [0.2, 0.25) is 17.7 Å². The van der Waals surface area contributed by atoms with Crippen LogP contribution in [-0.4, -0.2) is 227 Å². The Kier molecular flexibility index (Phi) is 25.7. The molecule has 8 amide bonds. The highest BCUT2D eigenvalue weighted by atomic mass is 16.7. The monoisotopic (exact) mass is 1420 g/mol. The second-order valence-corrected chi connectivity index (χ2v) is 28.8. The summed E-state index contributed by atoms with van der Waals surface area (Å²) in [6.07, 6.45) is -0.222. The maximum absolute atomic E-state index is 14.5. The van der Waals surface area contributed by atoms with Gasteiger partial charge in [0.25, 0.3) is 11.8 Å². The Hall–Kier alpha value is -6.55. The number of anilines is 1. The second-order valence-electron chi connectivity index (χ2n) is 28.8. The number of nitrogens with two attached hydrogens (primary N) is 1. The molecule has 0 saturated carbocycles. The Morgan fingerprint density at radius 2 is 1.48 bits per heavy atom. The number of primary amides is 1. The van der Waals surface area contributed by atoms with Crippen molar-refractivity contribution in [2.24, 2.45) is 29.4 Å². The van der Waals surface area contributed by atoms with Crippen molar-refractivity contribution in [2.75, 3.05) is 59.1 Å². The zero-order chi connectivity index (χ0) is 71.6. The van der Waals surface area contributed by atoms with E-state index in [0.29, 0.717) is 61.3 Å². The number of aliphatic hydroxyl groups excluding tert-OH is 1. The average Bonchev–Trinajstić information content (AvgIpc) is 1.58. The summed E-state index contributed by atoms with van der Waals surface area (Å²) in [5.74, 6) is -5.97. The van der Waals surface area contributed by atoms with Gasteiger partial charge in [0, 0.05) is 103 Å². The molecule has 1 aromatic carbocycles. The van der Waals surface area contributed by atoms with Gasteiger partial charge in [-0.25, -0.2) is 14.4 Å². The van der Waals surface area contributed by atoms with E-state index in [0.717, 1.165) is 30.4 Å². The van der Waals surface area contributed by atoms with Crippen molar-refractivity contribution in [1.29, 1.82) is 0 Å². The highest BCUT2D eigenvalue weighted by Crippen LogP contribution is 2.56. The predicted molar refractivity (Wildman–Crippen MR) is 354 cm³/mol. The molecule has 1 spiro atoms. The van der Waals surface area contributed by atoms with Gasteiger partial charge in [-0.2, -0.15) is 0 Å². The fourth-order valence-corrected chi connectivity index (χ4v) is 16.4. The molecule has 10 fully saturated rings. The Balaban J connectivity index is 0.665. The number of carbonyl (C=O) groups is 9. The molecule has 0 radical (unpaired) electrons. The lowest BCUT2D eigenvalue weighted by molar-refractivity contribution is -0.302. The minimum atomic E-state index is -1.13. The maximum Gasteiger partial charge on any atom is 0.407 e. The van der Waals surface area contributed by atoms with Crippen LogP contribution < -0.4 is 32.3 Å². The molecule has 1 aromatic rings. The molecule has 101 heavy (non-hydrogen) atoms. The molecule has 558 valence electrons. The zero-order valence-corrected chi connectivity index (χ0v) is 58.2. The predicted octanol–water partition coefficient (Wildman–Crippen LogP) is 3.70. The SMILES string of the molecule is C=C1C[C@@H]2CC3[C@@H]4C[C@H](CC[C@@H]1O2)O[C@H](C[C@@H]1O[C@H](C[C@H](O)CNC(=O)OCc2ccc(NC(=O)[C@H](CCCNC(N)=O)NC(=O)[C@@H](NC(=O)CCOCCOCCC(=O)ON5C(=O)CCC5=O)C(C)C)cc2)[C@H](OC)[C@H]1CC(=O)C[C@H]1CC[C@@H]2OC5C[C@@H](O[C@]36C[C@@H](OC)[C@@H]5O6)[C@H]2O1)C4=C. The number of urea groups is 1. The molecule has 30 heteroatoms. The summed E-state index contributed by atoms with van der Waals surface area (Å²) in [5.41, 5.74) is 8.14. The van der Waals surface area contributed by atoms with Crippen LogP contribution in [0.3, 0.4) is 0 Å². The summed E-state index contributed by atoms with van der Waals surface area (Å²) < 4.78 is 78.3. The molecule has 0 aromatic heterocycles. The third-order valence-corrected chi connectivity index (χ3v) is 21.5. The van der Waals surface area contributed by atoms with Crippen LogP contribution in [0.2, 0.25) is 0 Å². The summed E-state index contributed by atoms with van der Waals surface area (Å²) in [5, 5.41) is 25.4. The number of ether oxygens (including phenoxy) is 12. The second kappa shape index (κ2) is 34.4. The molecular weight excluding hydrogens is 1320 g/mol. The molecule has 21 atom stereocenters. The van der Waals surface area contributed by atoms with E-state index >= 15 is 0 Å². The summed E-state index contributed by atoms with van der Waals surface area (Å²) in [6, 6.07) is 3.51. The number of imide groups is 1. The highest BCUT2D eigenvalue weighted by molar-refractivity contribution is 6.01. The number of carbonyl (C=O) groups excluding carboxylic acids is 9. The average molecular weight is 1420 g/mol. The molecule has 10 saturated heterocycles. The van der Waals surface area contributed by atoms with Crippen LogP contribution in [-0.2, 0) is 102 Å². The largest absolute Gasteiger partial charge is 0.445 e. The fourth-order valence-electron chi connectivity index (χ4n) is 16.4. The van der Waals surface area contributed by atoms with E-state index in [1.165, 1.54) is 0 Å². The summed E-state index contributed by atoms with van der Waals surface area (Å²) in [7, 11) is 3.31. The van der Waals surface area contributed by atoms with Crippen LogP contribution in [0.4, 0.5) is 15.3 Å². The van der Waals surface area contributed by atoms with Crippen LogP contribution in [0.1, 0.15) is 141 Å². The zero-order valence-electron chi connectivity index (χ0n) is 58.2. The number of benzene rings is 1. The lowest BCUT2D eigenvalue weighted by atomic mass is 9.69. The first-order valence-electron chi connectivity index (χ1n) is 35.9. The normalized spacial score (nSPS) is 33.7. The van der Waals surface area contributed by atoms with Gasteiger partial charge in [-0.1, -0.05) is 39.1 Å². The first-order valence-corrected chi connectivity index (χ1v) is 35.9. The lowest BCUT2D eigenvalue weighted by Gasteiger charge is -2.51.